The van der Waals surface area contributed by atoms with Crippen molar-refractivity contribution in [3.05, 3.63) is 36.1 Å². The molecule has 2 heterocycles. The van der Waals surface area contributed by atoms with Gasteiger partial charge in [-0.3, -0.25) is 9.69 Å². The van der Waals surface area contributed by atoms with Gasteiger partial charge < -0.3 is 20.0 Å². The van der Waals surface area contributed by atoms with Gasteiger partial charge in [0.2, 0.25) is 5.91 Å². The number of furan rings is 1. The van der Waals surface area contributed by atoms with Gasteiger partial charge in [-0.1, -0.05) is 18.2 Å². The molecule has 0 spiro atoms. The number of hydrogen-bond donors (Lipinski definition) is 2. The zero-order valence-electron chi connectivity index (χ0n) is 16.2. The van der Waals surface area contributed by atoms with E-state index in [0.29, 0.717) is 32.7 Å². The third-order valence-electron chi connectivity index (χ3n) is 5.09. The zero-order chi connectivity index (χ0) is 19.4. The minimum Gasteiger partial charge on any atom is -0.459 e. The zero-order valence-corrected chi connectivity index (χ0v) is 16.2. The largest absolute Gasteiger partial charge is 0.459 e. The second-order valence-electron chi connectivity index (χ2n) is 6.95. The van der Waals surface area contributed by atoms with Crippen molar-refractivity contribution in [2.24, 2.45) is 0 Å². The predicted octanol–water partition coefficient (Wildman–Crippen LogP) is 2.35. The van der Waals surface area contributed by atoms with E-state index in [1.807, 2.05) is 51.1 Å². The van der Waals surface area contributed by atoms with Gasteiger partial charge in [-0.2, -0.15) is 0 Å². The average Bonchev–Trinajstić information content (AvgIpc) is 3.12. The number of piperazine rings is 1. The second kappa shape index (κ2) is 8.43. The predicted molar refractivity (Wildman–Crippen MR) is 104 cm³/mol. The third-order valence-corrected chi connectivity index (χ3v) is 5.09. The lowest BCUT2D eigenvalue weighted by atomic mass is 10.1. The van der Waals surface area contributed by atoms with Gasteiger partial charge >= 0.3 is 6.03 Å². The number of benzene rings is 1. The van der Waals surface area contributed by atoms with Crippen LogP contribution < -0.4 is 10.6 Å². The molecular weight excluding hydrogens is 344 g/mol. The molecule has 0 radical (unpaired) electrons. The van der Waals surface area contributed by atoms with Crippen molar-refractivity contribution in [2.45, 2.75) is 32.9 Å². The number of urea groups is 1. The number of hydrogen-bond acceptors (Lipinski definition) is 4. The van der Waals surface area contributed by atoms with Gasteiger partial charge in [0.05, 0.1) is 12.1 Å². The first kappa shape index (κ1) is 19.2. The summed E-state index contributed by atoms with van der Waals surface area (Å²) in [6, 6.07) is 9.28. The van der Waals surface area contributed by atoms with E-state index in [2.05, 4.69) is 15.5 Å². The van der Waals surface area contributed by atoms with Gasteiger partial charge in [0.15, 0.2) is 0 Å². The van der Waals surface area contributed by atoms with Crippen LogP contribution in [0.15, 0.2) is 34.7 Å². The molecule has 2 aromatic rings. The minimum absolute atomic E-state index is 0.0329. The van der Waals surface area contributed by atoms with Crippen LogP contribution in [0.3, 0.4) is 0 Å². The Morgan fingerprint density at radius 3 is 2.52 bits per heavy atom. The van der Waals surface area contributed by atoms with E-state index in [1.54, 1.807) is 4.90 Å². The molecule has 2 atom stereocenters. The average molecular weight is 372 g/mol. The Hall–Kier alpha value is -2.54. The van der Waals surface area contributed by atoms with Crippen LogP contribution in [0.4, 0.5) is 4.79 Å². The summed E-state index contributed by atoms with van der Waals surface area (Å²) in [5.41, 5.74) is 0.822. The van der Waals surface area contributed by atoms with Crippen LogP contribution in [-0.2, 0) is 4.79 Å². The quantitative estimate of drug-likeness (QED) is 0.845. The van der Waals surface area contributed by atoms with Crippen molar-refractivity contribution in [3.8, 4) is 0 Å². The fraction of sp³-hybridized carbons (Fsp3) is 0.500. The number of rotatable bonds is 5. The van der Waals surface area contributed by atoms with E-state index in [-0.39, 0.29) is 24.0 Å². The highest BCUT2D eigenvalue weighted by atomic mass is 16.3. The van der Waals surface area contributed by atoms with Gasteiger partial charge in [0.1, 0.15) is 11.3 Å². The van der Waals surface area contributed by atoms with Gasteiger partial charge in [-0.05, 0) is 32.9 Å². The summed E-state index contributed by atoms with van der Waals surface area (Å²) in [6.07, 6.45) is 0. The molecule has 3 rings (SSSR count). The monoisotopic (exact) mass is 372 g/mol. The molecule has 27 heavy (non-hydrogen) atoms. The number of nitrogens with zero attached hydrogens (tertiary/aromatic N) is 2. The molecule has 1 aromatic heterocycles. The highest BCUT2D eigenvalue weighted by Crippen LogP contribution is 2.23. The van der Waals surface area contributed by atoms with Gasteiger partial charge in [0, 0.05) is 38.1 Å². The van der Waals surface area contributed by atoms with E-state index in [0.717, 1.165) is 16.7 Å². The van der Waals surface area contributed by atoms with E-state index in [1.165, 1.54) is 0 Å². The molecule has 2 N–H and O–H groups in total. The maximum atomic E-state index is 12.7. The highest BCUT2D eigenvalue weighted by Gasteiger charge is 2.28. The Labute approximate surface area is 159 Å². The number of carbonyl (C=O) groups is 2. The summed E-state index contributed by atoms with van der Waals surface area (Å²) in [5, 5.41) is 6.89. The van der Waals surface area contributed by atoms with Gasteiger partial charge in [0.25, 0.3) is 0 Å². The standard InChI is InChI=1S/C20H28N4O3/c1-4-21-20(26)24-11-9-23(10-12-24)15(3)19(25)22-14(2)18-13-16-7-5-6-8-17(16)27-18/h5-8,13-15H,4,9-12H2,1-3H3,(H,21,26)(H,22,25). The molecule has 1 aliphatic rings. The molecular formula is C20H28N4O3. The Morgan fingerprint density at radius 1 is 1.15 bits per heavy atom. The summed E-state index contributed by atoms with van der Waals surface area (Å²) >= 11 is 0. The maximum absolute atomic E-state index is 12.7. The van der Waals surface area contributed by atoms with E-state index in [4.69, 9.17) is 4.42 Å². The summed E-state index contributed by atoms with van der Waals surface area (Å²) in [4.78, 5) is 28.5. The van der Waals surface area contributed by atoms with Crippen molar-refractivity contribution >= 4 is 22.9 Å². The number of para-hydroxylation sites is 1. The van der Waals surface area contributed by atoms with Crippen molar-refractivity contribution in [1.82, 2.24) is 20.4 Å². The lowest BCUT2D eigenvalue weighted by Crippen LogP contribution is -2.56. The number of carbonyl (C=O) groups excluding carboxylic acids is 2. The first-order chi connectivity index (χ1) is 13.0. The molecule has 2 unspecified atom stereocenters. The summed E-state index contributed by atoms with van der Waals surface area (Å²) in [7, 11) is 0. The third kappa shape index (κ3) is 4.42. The molecule has 146 valence electrons. The SMILES string of the molecule is CCNC(=O)N1CCN(C(C)C(=O)NC(C)c2cc3ccccc3o2)CC1. The van der Waals surface area contributed by atoms with Crippen LogP contribution in [0.25, 0.3) is 11.0 Å². The molecule has 3 amide bonds. The molecule has 1 saturated heterocycles. The Morgan fingerprint density at radius 2 is 1.85 bits per heavy atom. The Kier molecular flexibility index (Phi) is 6.01. The van der Waals surface area contributed by atoms with Crippen molar-refractivity contribution in [3.63, 3.8) is 0 Å². The number of nitrogens with one attached hydrogen (secondary N) is 2. The normalized spacial score (nSPS) is 17.5. The number of fused-ring (bicyclic) bond motifs is 1. The van der Waals surface area contributed by atoms with E-state index < -0.39 is 0 Å². The van der Waals surface area contributed by atoms with Crippen LogP contribution in [0.1, 0.15) is 32.6 Å². The molecule has 0 saturated carbocycles. The molecule has 0 bridgehead atoms. The number of amides is 3. The first-order valence-electron chi connectivity index (χ1n) is 9.55. The fourth-order valence-corrected chi connectivity index (χ4v) is 3.36. The van der Waals surface area contributed by atoms with Crippen LogP contribution in [0.5, 0.6) is 0 Å². The Bertz CT molecular complexity index is 762. The van der Waals surface area contributed by atoms with Crippen molar-refractivity contribution in [2.75, 3.05) is 32.7 Å². The fourth-order valence-electron chi connectivity index (χ4n) is 3.36. The summed E-state index contributed by atoms with van der Waals surface area (Å²) in [6.45, 7) is 8.99. The molecule has 1 aliphatic heterocycles. The van der Waals surface area contributed by atoms with E-state index in [9.17, 15) is 9.59 Å². The molecule has 0 aliphatic carbocycles. The summed E-state index contributed by atoms with van der Waals surface area (Å²) in [5.74, 6) is 0.715. The maximum Gasteiger partial charge on any atom is 0.317 e. The van der Waals surface area contributed by atoms with Crippen LogP contribution in [-0.4, -0.2) is 60.5 Å². The minimum atomic E-state index is -0.256. The molecule has 1 fully saturated rings. The first-order valence-corrected chi connectivity index (χ1v) is 9.55. The van der Waals surface area contributed by atoms with Crippen LogP contribution in [0.2, 0.25) is 0 Å². The Balaban J connectivity index is 1.54. The molecule has 1 aromatic carbocycles. The second-order valence-corrected chi connectivity index (χ2v) is 6.95. The van der Waals surface area contributed by atoms with Crippen molar-refractivity contribution < 1.29 is 14.0 Å². The smallest absolute Gasteiger partial charge is 0.317 e. The highest BCUT2D eigenvalue weighted by molar-refractivity contribution is 5.82. The van der Waals surface area contributed by atoms with Crippen LogP contribution >= 0.6 is 0 Å². The van der Waals surface area contributed by atoms with Crippen LogP contribution in [0, 0.1) is 0 Å². The van der Waals surface area contributed by atoms with Gasteiger partial charge in [-0.25, -0.2) is 4.79 Å². The summed E-state index contributed by atoms with van der Waals surface area (Å²) < 4.78 is 5.84. The lowest BCUT2D eigenvalue weighted by molar-refractivity contribution is -0.127. The molecule has 7 heteroatoms. The van der Waals surface area contributed by atoms with Crippen molar-refractivity contribution in [1.29, 1.82) is 0 Å². The molecule has 7 nitrogen and oxygen atoms in total. The van der Waals surface area contributed by atoms with E-state index >= 15 is 0 Å². The lowest BCUT2D eigenvalue weighted by Gasteiger charge is -2.37. The van der Waals surface area contributed by atoms with Gasteiger partial charge in [-0.15, -0.1) is 0 Å². The topological polar surface area (TPSA) is 77.8 Å².